The van der Waals surface area contributed by atoms with Crippen LogP contribution >= 0.6 is 0 Å². The zero-order valence-corrected chi connectivity index (χ0v) is 20.0. The van der Waals surface area contributed by atoms with E-state index in [1.807, 2.05) is 13.0 Å². The van der Waals surface area contributed by atoms with E-state index in [-0.39, 0.29) is 22.3 Å². The fourth-order valence-corrected chi connectivity index (χ4v) is 5.11. The van der Waals surface area contributed by atoms with Gasteiger partial charge in [-0.1, -0.05) is 12.1 Å². The second-order valence-electron chi connectivity index (χ2n) is 8.20. The maximum absolute atomic E-state index is 13.5. The number of nitrogen functional groups attached to an aromatic ring is 1. The van der Waals surface area contributed by atoms with E-state index in [4.69, 9.17) is 10.5 Å². The van der Waals surface area contributed by atoms with E-state index in [9.17, 15) is 13.2 Å². The standard InChI is InChI=1S/C26H25N3O4S/c1-17-12-23(34(31,32)22-9-4-6-18(13-22)26(30)29(2)3)15-24-19(10-11-28-25(17)24)16-33-21-8-5-7-20(27)14-21/h4-15H,16,27H2,1-3H3. The number of pyridine rings is 1. The Labute approximate surface area is 198 Å². The van der Waals surface area contributed by atoms with Gasteiger partial charge in [-0.3, -0.25) is 9.78 Å². The molecule has 0 aliphatic rings. The van der Waals surface area contributed by atoms with Gasteiger partial charge in [-0.2, -0.15) is 0 Å². The van der Waals surface area contributed by atoms with Gasteiger partial charge in [0.2, 0.25) is 9.84 Å². The van der Waals surface area contributed by atoms with Gasteiger partial charge < -0.3 is 15.4 Å². The number of anilines is 1. The minimum absolute atomic E-state index is 0.0559. The molecule has 0 saturated carbocycles. The largest absolute Gasteiger partial charge is 0.489 e. The van der Waals surface area contributed by atoms with Gasteiger partial charge in [0.25, 0.3) is 5.91 Å². The molecule has 174 valence electrons. The Balaban J connectivity index is 1.76. The van der Waals surface area contributed by atoms with Crippen LogP contribution < -0.4 is 10.5 Å². The van der Waals surface area contributed by atoms with Crippen molar-refractivity contribution in [3.05, 3.63) is 89.6 Å². The summed E-state index contributed by atoms with van der Waals surface area (Å²) in [5.41, 5.74) is 8.95. The molecule has 0 aliphatic heterocycles. The van der Waals surface area contributed by atoms with Crippen LogP contribution in [0.3, 0.4) is 0 Å². The summed E-state index contributed by atoms with van der Waals surface area (Å²) >= 11 is 0. The van der Waals surface area contributed by atoms with Gasteiger partial charge in [0.05, 0.1) is 15.3 Å². The number of carbonyl (C=O) groups excluding carboxylic acids is 1. The highest BCUT2D eigenvalue weighted by Gasteiger charge is 2.22. The second kappa shape index (κ2) is 9.15. The number of hydrogen-bond donors (Lipinski definition) is 1. The van der Waals surface area contributed by atoms with Crippen LogP contribution in [0.15, 0.2) is 82.7 Å². The third-order valence-electron chi connectivity index (χ3n) is 5.46. The molecule has 0 spiro atoms. The Morgan fingerprint density at radius 2 is 1.76 bits per heavy atom. The Kier molecular flexibility index (Phi) is 6.26. The topological polar surface area (TPSA) is 103 Å². The van der Waals surface area contributed by atoms with Crippen LogP contribution in [-0.2, 0) is 16.4 Å². The fraction of sp³-hybridized carbons (Fsp3) is 0.154. The number of amides is 1. The molecule has 7 nitrogen and oxygen atoms in total. The van der Waals surface area contributed by atoms with Gasteiger partial charge in [-0.25, -0.2) is 8.42 Å². The molecule has 1 heterocycles. The highest BCUT2D eigenvalue weighted by molar-refractivity contribution is 7.91. The Hall–Kier alpha value is -3.91. The van der Waals surface area contributed by atoms with E-state index < -0.39 is 9.84 Å². The van der Waals surface area contributed by atoms with Crippen LogP contribution in [0.2, 0.25) is 0 Å². The lowest BCUT2D eigenvalue weighted by atomic mass is 10.1. The number of aromatic nitrogens is 1. The van der Waals surface area contributed by atoms with Crippen molar-refractivity contribution in [2.24, 2.45) is 0 Å². The van der Waals surface area contributed by atoms with Crippen molar-refractivity contribution in [1.29, 1.82) is 0 Å². The first-order chi connectivity index (χ1) is 16.2. The van der Waals surface area contributed by atoms with Crippen molar-refractivity contribution in [3.63, 3.8) is 0 Å². The van der Waals surface area contributed by atoms with Crippen LogP contribution in [0, 0.1) is 6.92 Å². The number of nitrogens with zero attached hydrogens (tertiary/aromatic N) is 2. The van der Waals surface area contributed by atoms with Crippen molar-refractivity contribution < 1.29 is 17.9 Å². The molecule has 0 saturated heterocycles. The van der Waals surface area contributed by atoms with Gasteiger partial charge in [-0.05, 0) is 61.0 Å². The molecule has 0 bridgehead atoms. The van der Waals surface area contributed by atoms with Gasteiger partial charge in [0, 0.05) is 48.6 Å². The molecule has 0 fully saturated rings. The van der Waals surface area contributed by atoms with Crippen LogP contribution in [-0.4, -0.2) is 38.3 Å². The maximum Gasteiger partial charge on any atom is 0.253 e. The molecule has 0 atom stereocenters. The summed E-state index contributed by atoms with van der Waals surface area (Å²) in [6.07, 6.45) is 1.68. The molecule has 3 aromatic carbocycles. The number of hydrogen-bond acceptors (Lipinski definition) is 6. The SMILES string of the molecule is Cc1cc(S(=O)(=O)c2cccc(C(=O)N(C)C)c2)cc2c(COc3cccc(N)c3)ccnc12. The average Bonchev–Trinajstić information content (AvgIpc) is 2.82. The van der Waals surface area contributed by atoms with Gasteiger partial charge in [0.1, 0.15) is 12.4 Å². The molecule has 34 heavy (non-hydrogen) atoms. The first-order valence-corrected chi connectivity index (χ1v) is 12.1. The van der Waals surface area contributed by atoms with E-state index >= 15 is 0 Å². The highest BCUT2D eigenvalue weighted by Crippen LogP contribution is 2.29. The molecule has 4 rings (SSSR count). The summed E-state index contributed by atoms with van der Waals surface area (Å²) < 4.78 is 32.9. The third kappa shape index (κ3) is 4.58. The van der Waals surface area contributed by atoms with Crippen molar-refractivity contribution in [2.45, 2.75) is 23.3 Å². The number of ether oxygens (including phenoxy) is 1. The molecule has 1 amide bonds. The number of nitrogens with two attached hydrogens (primary N) is 1. The van der Waals surface area contributed by atoms with Crippen LogP contribution in [0.25, 0.3) is 10.9 Å². The lowest BCUT2D eigenvalue weighted by molar-refractivity contribution is 0.0827. The first kappa shape index (κ1) is 23.3. The van der Waals surface area contributed by atoms with Crippen LogP contribution in [0.4, 0.5) is 5.69 Å². The fourth-order valence-electron chi connectivity index (χ4n) is 3.69. The normalized spacial score (nSPS) is 11.4. The van der Waals surface area contributed by atoms with E-state index in [0.717, 1.165) is 11.1 Å². The Morgan fingerprint density at radius 1 is 1.00 bits per heavy atom. The summed E-state index contributed by atoms with van der Waals surface area (Å²) in [5.74, 6) is 0.352. The highest BCUT2D eigenvalue weighted by atomic mass is 32.2. The maximum atomic E-state index is 13.5. The number of sulfone groups is 1. The zero-order chi connectivity index (χ0) is 24.5. The summed E-state index contributed by atoms with van der Waals surface area (Å²) in [7, 11) is -0.637. The quantitative estimate of drug-likeness (QED) is 0.419. The van der Waals surface area contributed by atoms with Gasteiger partial charge in [-0.15, -0.1) is 0 Å². The molecular formula is C26H25N3O4S. The lowest BCUT2D eigenvalue weighted by Gasteiger charge is -2.14. The monoisotopic (exact) mass is 475 g/mol. The molecule has 4 aromatic rings. The number of carbonyl (C=O) groups is 1. The summed E-state index contributed by atoms with van der Waals surface area (Å²) in [6.45, 7) is 2.04. The summed E-state index contributed by atoms with van der Waals surface area (Å²) in [5, 5.41) is 0.686. The Morgan fingerprint density at radius 3 is 2.50 bits per heavy atom. The summed E-state index contributed by atoms with van der Waals surface area (Å²) in [4.78, 5) is 18.4. The van der Waals surface area contributed by atoms with Crippen LogP contribution in [0.5, 0.6) is 5.75 Å². The molecule has 1 aromatic heterocycles. The van der Waals surface area contributed by atoms with E-state index in [2.05, 4.69) is 4.98 Å². The lowest BCUT2D eigenvalue weighted by Crippen LogP contribution is -2.21. The van der Waals surface area contributed by atoms with E-state index in [0.29, 0.717) is 27.9 Å². The second-order valence-corrected chi connectivity index (χ2v) is 10.1. The smallest absolute Gasteiger partial charge is 0.253 e. The van der Waals surface area contributed by atoms with Gasteiger partial charge >= 0.3 is 0 Å². The van der Waals surface area contributed by atoms with Crippen molar-refractivity contribution in [1.82, 2.24) is 9.88 Å². The number of fused-ring (bicyclic) bond motifs is 1. The van der Waals surface area contributed by atoms with Crippen LogP contribution in [0.1, 0.15) is 21.5 Å². The Bertz CT molecular complexity index is 1500. The molecule has 8 heteroatoms. The van der Waals surface area contributed by atoms with E-state index in [1.54, 1.807) is 68.8 Å². The molecule has 0 radical (unpaired) electrons. The first-order valence-electron chi connectivity index (χ1n) is 10.6. The molecule has 0 aliphatic carbocycles. The number of aryl methyl sites for hydroxylation is 1. The average molecular weight is 476 g/mol. The minimum atomic E-state index is -3.88. The zero-order valence-electron chi connectivity index (χ0n) is 19.1. The predicted molar refractivity (Wildman–Crippen MR) is 132 cm³/mol. The molecule has 2 N–H and O–H groups in total. The minimum Gasteiger partial charge on any atom is -0.489 e. The number of benzene rings is 3. The van der Waals surface area contributed by atoms with Gasteiger partial charge in [0.15, 0.2) is 0 Å². The molecular weight excluding hydrogens is 450 g/mol. The predicted octanol–water partition coefficient (Wildman–Crippen LogP) is 4.24. The van der Waals surface area contributed by atoms with Crippen molar-refractivity contribution in [2.75, 3.05) is 19.8 Å². The summed E-state index contributed by atoms with van der Waals surface area (Å²) in [6, 6.07) is 18.2. The third-order valence-corrected chi connectivity index (χ3v) is 7.19. The van der Waals surface area contributed by atoms with E-state index in [1.165, 1.54) is 17.0 Å². The molecule has 0 unspecified atom stereocenters. The number of rotatable bonds is 6. The van der Waals surface area contributed by atoms with Crippen molar-refractivity contribution >= 4 is 32.3 Å². The van der Waals surface area contributed by atoms with Crippen molar-refractivity contribution in [3.8, 4) is 5.75 Å².